The molecule has 1 fully saturated rings. The standard InChI is InChI=1S/C27H30F3N5O7/c1-15-20(37-3)21(38-4)22(39-5)25(40-15)42-31-14-16-6-8-17(9-7-16)23-32-26(34-35(23)2)33-24(36)18-10-12-19(13-11-18)41-27(28,29)30/h6-15,20-22,25H,1-5H3,(H,33,34,36)/b31-14+/t15-,20-,21-,22-,25-/m0/s1. The quantitative estimate of drug-likeness (QED) is 0.276. The molecule has 12 nitrogen and oxygen atoms in total. The summed E-state index contributed by atoms with van der Waals surface area (Å²) in [6.45, 7) is 1.85. The van der Waals surface area contributed by atoms with Gasteiger partial charge in [0.1, 0.15) is 18.0 Å². The van der Waals surface area contributed by atoms with Crippen molar-refractivity contribution in [3.8, 4) is 17.1 Å². The van der Waals surface area contributed by atoms with Crippen molar-refractivity contribution in [3.63, 3.8) is 0 Å². The Balaban J connectivity index is 1.37. The maximum absolute atomic E-state index is 12.5. The minimum absolute atomic E-state index is 0.0200. The van der Waals surface area contributed by atoms with Crippen molar-refractivity contribution in [1.82, 2.24) is 14.8 Å². The molecule has 0 bridgehead atoms. The molecule has 1 aliphatic rings. The Morgan fingerprint density at radius 1 is 1.00 bits per heavy atom. The Hall–Kier alpha value is -4.05. The number of alkyl halides is 3. The fourth-order valence-corrected chi connectivity index (χ4v) is 4.44. The molecule has 42 heavy (non-hydrogen) atoms. The summed E-state index contributed by atoms with van der Waals surface area (Å²) in [5.41, 5.74) is 1.53. The monoisotopic (exact) mass is 593 g/mol. The predicted octanol–water partition coefficient (Wildman–Crippen LogP) is 3.77. The molecular weight excluding hydrogens is 563 g/mol. The molecule has 1 aliphatic heterocycles. The van der Waals surface area contributed by atoms with Crippen LogP contribution < -0.4 is 10.1 Å². The van der Waals surface area contributed by atoms with E-state index in [1.165, 1.54) is 30.1 Å². The SMILES string of the molecule is CO[C@@H]1[C@H](OC)[C@H](O/N=C/c2ccc(-c3nc(NC(=O)c4ccc(OC(F)(F)F)cc4)nn3C)cc2)O[C@@H](C)[C@@H]1OC. The van der Waals surface area contributed by atoms with Gasteiger partial charge in [-0.3, -0.25) is 10.1 Å². The highest BCUT2D eigenvalue weighted by Crippen LogP contribution is 2.28. The van der Waals surface area contributed by atoms with E-state index in [9.17, 15) is 18.0 Å². The van der Waals surface area contributed by atoms with Crippen molar-refractivity contribution in [3.05, 3.63) is 59.7 Å². The van der Waals surface area contributed by atoms with Crippen LogP contribution in [0.2, 0.25) is 0 Å². The van der Waals surface area contributed by atoms with Crippen molar-refractivity contribution >= 4 is 18.1 Å². The van der Waals surface area contributed by atoms with Gasteiger partial charge in [-0.05, 0) is 36.8 Å². The minimum atomic E-state index is -4.82. The Morgan fingerprint density at radius 3 is 2.24 bits per heavy atom. The molecule has 1 saturated heterocycles. The number of aromatic nitrogens is 3. The zero-order valence-corrected chi connectivity index (χ0v) is 23.4. The third-order valence-electron chi connectivity index (χ3n) is 6.42. The van der Waals surface area contributed by atoms with Crippen molar-refractivity contribution in [2.24, 2.45) is 12.2 Å². The van der Waals surface area contributed by atoms with Crippen LogP contribution in [-0.4, -0.2) is 85.3 Å². The molecule has 3 aromatic rings. The summed E-state index contributed by atoms with van der Waals surface area (Å²) < 4.78 is 64.8. The second-order valence-electron chi connectivity index (χ2n) is 9.18. The molecule has 1 aromatic heterocycles. The van der Waals surface area contributed by atoms with E-state index >= 15 is 0 Å². The van der Waals surface area contributed by atoms with Crippen molar-refractivity contribution in [1.29, 1.82) is 0 Å². The first-order valence-corrected chi connectivity index (χ1v) is 12.6. The highest BCUT2D eigenvalue weighted by Gasteiger charge is 2.47. The average molecular weight is 594 g/mol. The number of nitrogens with one attached hydrogen (secondary N) is 1. The van der Waals surface area contributed by atoms with Gasteiger partial charge in [0.2, 0.25) is 5.95 Å². The Bertz CT molecular complexity index is 1370. The van der Waals surface area contributed by atoms with Crippen LogP contribution in [0.3, 0.4) is 0 Å². The summed E-state index contributed by atoms with van der Waals surface area (Å²) in [4.78, 5) is 22.5. The Morgan fingerprint density at radius 2 is 1.64 bits per heavy atom. The van der Waals surface area contributed by atoms with Gasteiger partial charge >= 0.3 is 6.36 Å². The lowest BCUT2D eigenvalue weighted by Gasteiger charge is -2.42. The molecule has 2 heterocycles. The second kappa shape index (κ2) is 13.3. The van der Waals surface area contributed by atoms with Crippen LogP contribution in [0.15, 0.2) is 53.7 Å². The van der Waals surface area contributed by atoms with Crippen molar-refractivity contribution < 1.29 is 46.5 Å². The molecule has 5 atom stereocenters. The summed E-state index contributed by atoms with van der Waals surface area (Å²) >= 11 is 0. The predicted molar refractivity (Wildman–Crippen MR) is 143 cm³/mol. The third kappa shape index (κ3) is 7.42. The van der Waals surface area contributed by atoms with E-state index < -0.39 is 36.5 Å². The molecule has 15 heteroatoms. The molecule has 0 aliphatic carbocycles. The van der Waals surface area contributed by atoms with Gasteiger partial charge in [0.05, 0.1) is 12.3 Å². The van der Waals surface area contributed by atoms with E-state index in [4.69, 9.17) is 23.8 Å². The van der Waals surface area contributed by atoms with E-state index in [1.807, 2.05) is 6.92 Å². The number of halogens is 3. The number of ether oxygens (including phenoxy) is 5. The molecule has 0 saturated carbocycles. The largest absolute Gasteiger partial charge is 0.573 e. The number of aryl methyl sites for hydroxylation is 1. The molecule has 1 amide bonds. The number of nitrogens with zero attached hydrogens (tertiary/aromatic N) is 4. The van der Waals surface area contributed by atoms with E-state index in [2.05, 4.69) is 25.3 Å². The summed E-state index contributed by atoms with van der Waals surface area (Å²) in [5, 5.41) is 10.8. The van der Waals surface area contributed by atoms with Gasteiger partial charge in [-0.15, -0.1) is 18.3 Å². The molecular formula is C27H30F3N5O7. The first-order chi connectivity index (χ1) is 20.0. The van der Waals surface area contributed by atoms with Crippen LogP contribution >= 0.6 is 0 Å². The average Bonchev–Trinajstić information content (AvgIpc) is 3.31. The van der Waals surface area contributed by atoms with Crippen LogP contribution in [0.5, 0.6) is 5.75 Å². The maximum atomic E-state index is 12.5. The number of oxime groups is 1. The number of methoxy groups -OCH3 is 3. The molecule has 0 spiro atoms. The minimum Gasteiger partial charge on any atom is -0.406 e. The lowest BCUT2D eigenvalue weighted by atomic mass is 9.99. The second-order valence-corrected chi connectivity index (χ2v) is 9.18. The molecule has 1 N–H and O–H groups in total. The first kappa shape index (κ1) is 30.9. The van der Waals surface area contributed by atoms with E-state index in [0.29, 0.717) is 11.4 Å². The number of carbonyl (C=O) groups is 1. The van der Waals surface area contributed by atoms with Crippen LogP contribution in [0, 0.1) is 0 Å². The van der Waals surface area contributed by atoms with Gasteiger partial charge in [0.25, 0.3) is 12.2 Å². The Kier molecular flexibility index (Phi) is 9.78. The first-order valence-electron chi connectivity index (χ1n) is 12.6. The summed E-state index contributed by atoms with van der Waals surface area (Å²) in [5.74, 6) is -0.552. The van der Waals surface area contributed by atoms with E-state index in [-0.39, 0.29) is 23.7 Å². The van der Waals surface area contributed by atoms with Crippen LogP contribution in [0.1, 0.15) is 22.8 Å². The van der Waals surface area contributed by atoms with E-state index in [0.717, 1.165) is 17.7 Å². The van der Waals surface area contributed by atoms with E-state index in [1.54, 1.807) is 45.5 Å². The number of rotatable bonds is 10. The highest BCUT2D eigenvalue weighted by atomic mass is 19.4. The normalized spacial score (nSPS) is 22.7. The molecule has 4 rings (SSSR count). The van der Waals surface area contributed by atoms with Gasteiger partial charge in [-0.25, -0.2) is 4.68 Å². The van der Waals surface area contributed by atoms with Crippen LogP contribution in [0.4, 0.5) is 19.1 Å². The van der Waals surface area contributed by atoms with Crippen LogP contribution in [0.25, 0.3) is 11.4 Å². The zero-order valence-electron chi connectivity index (χ0n) is 23.4. The number of benzene rings is 2. The number of hydrogen-bond acceptors (Lipinski definition) is 10. The van der Waals surface area contributed by atoms with Gasteiger partial charge in [0, 0.05) is 39.5 Å². The Labute approximate surface area is 239 Å². The third-order valence-corrected chi connectivity index (χ3v) is 6.42. The summed E-state index contributed by atoms with van der Waals surface area (Å²) in [6.07, 6.45) is -5.75. The van der Waals surface area contributed by atoms with Gasteiger partial charge < -0.3 is 28.5 Å². The van der Waals surface area contributed by atoms with Crippen LogP contribution in [-0.2, 0) is 30.8 Å². The number of amides is 1. The van der Waals surface area contributed by atoms with Crippen molar-refractivity contribution in [2.75, 3.05) is 26.6 Å². The summed E-state index contributed by atoms with van der Waals surface area (Å²) in [7, 11) is 6.32. The molecule has 2 aromatic carbocycles. The number of hydrogen-bond donors (Lipinski definition) is 1. The van der Waals surface area contributed by atoms with Gasteiger partial charge in [-0.2, -0.15) is 4.98 Å². The van der Waals surface area contributed by atoms with Crippen molar-refractivity contribution in [2.45, 2.75) is 44.0 Å². The lowest BCUT2D eigenvalue weighted by molar-refractivity contribution is -0.305. The molecule has 0 unspecified atom stereocenters. The van der Waals surface area contributed by atoms with Gasteiger partial charge in [0.15, 0.2) is 11.9 Å². The fourth-order valence-electron chi connectivity index (χ4n) is 4.44. The number of carbonyl (C=O) groups excluding carboxylic acids is 1. The topological polar surface area (TPSA) is 128 Å². The fraction of sp³-hybridized carbons (Fsp3) is 0.407. The smallest absolute Gasteiger partial charge is 0.406 e. The number of anilines is 1. The summed E-state index contributed by atoms with van der Waals surface area (Å²) in [6, 6.07) is 11.6. The van der Waals surface area contributed by atoms with Gasteiger partial charge in [-0.1, -0.05) is 29.4 Å². The zero-order chi connectivity index (χ0) is 30.4. The highest BCUT2D eigenvalue weighted by molar-refractivity contribution is 6.03. The lowest BCUT2D eigenvalue weighted by Crippen LogP contribution is -2.59. The molecule has 0 radical (unpaired) electrons. The molecule has 226 valence electrons. The maximum Gasteiger partial charge on any atom is 0.573 e.